The molecule has 2 N–H and O–H groups in total. The molecule has 1 fully saturated rings. The summed E-state index contributed by atoms with van der Waals surface area (Å²) in [5, 5.41) is 0.290. The molecule has 37 heavy (non-hydrogen) atoms. The fourth-order valence-corrected chi connectivity index (χ4v) is 5.10. The quantitative estimate of drug-likeness (QED) is 0.293. The van der Waals surface area contributed by atoms with Gasteiger partial charge in [-0.25, -0.2) is 22.5 Å². The van der Waals surface area contributed by atoms with E-state index in [-0.39, 0.29) is 40.6 Å². The van der Waals surface area contributed by atoms with Gasteiger partial charge in [-0.2, -0.15) is 13.2 Å². The summed E-state index contributed by atoms with van der Waals surface area (Å²) >= 11 is 1.25. The Kier molecular flexibility index (Phi) is 7.42. The minimum atomic E-state index is -4.32. The third-order valence-corrected chi connectivity index (χ3v) is 7.13. The third-order valence-electron chi connectivity index (χ3n) is 5.38. The van der Waals surface area contributed by atoms with E-state index in [9.17, 15) is 35.6 Å². The number of ether oxygens (including phenoxy) is 1. The number of carbonyl (C=O) groups excluding carboxylic acids is 1. The van der Waals surface area contributed by atoms with Crippen molar-refractivity contribution in [3.05, 3.63) is 57.1 Å². The number of benzene rings is 1. The summed E-state index contributed by atoms with van der Waals surface area (Å²) in [7, 11) is -3.98. The van der Waals surface area contributed by atoms with Gasteiger partial charge in [0.15, 0.2) is 0 Å². The summed E-state index contributed by atoms with van der Waals surface area (Å²) < 4.78 is 81.9. The minimum Gasteiger partial charge on any atom is -0.493 e. The fraction of sp³-hybridized carbons (Fsp3) is 0.348. The lowest BCUT2D eigenvalue weighted by Gasteiger charge is -2.12. The molecule has 1 aliphatic rings. The molecule has 198 valence electrons. The maximum absolute atomic E-state index is 14.9. The monoisotopic (exact) mass is 559 g/mol. The number of carbonyl (C=O) groups is 1. The van der Waals surface area contributed by atoms with Crippen LogP contribution in [0.4, 0.5) is 17.6 Å². The molecule has 0 saturated heterocycles. The molecule has 0 radical (unpaired) electrons. The summed E-state index contributed by atoms with van der Waals surface area (Å²) in [6, 6.07) is 4.91. The molecular formula is C23H21F4N3O5S2. The molecule has 8 nitrogen and oxygen atoms in total. The Morgan fingerprint density at radius 1 is 1.24 bits per heavy atom. The van der Waals surface area contributed by atoms with Crippen LogP contribution in [0.15, 0.2) is 35.3 Å². The van der Waals surface area contributed by atoms with Gasteiger partial charge in [0.05, 0.1) is 18.6 Å². The van der Waals surface area contributed by atoms with Gasteiger partial charge in [-0.1, -0.05) is 0 Å². The second-order valence-electron chi connectivity index (χ2n) is 8.56. The first-order valence-corrected chi connectivity index (χ1v) is 13.8. The van der Waals surface area contributed by atoms with Crippen molar-refractivity contribution in [1.29, 1.82) is 0 Å². The van der Waals surface area contributed by atoms with Crippen molar-refractivity contribution in [3.8, 4) is 27.6 Å². The number of pyridine rings is 1. The lowest BCUT2D eigenvalue weighted by molar-refractivity contribution is -0.136. The van der Waals surface area contributed by atoms with Crippen LogP contribution in [0.5, 0.6) is 5.75 Å². The van der Waals surface area contributed by atoms with Gasteiger partial charge in [-0.05, 0) is 43.4 Å². The Bertz CT molecular complexity index is 1490. The molecule has 0 bridgehead atoms. The molecule has 2 heterocycles. The molecule has 0 aliphatic heterocycles. The van der Waals surface area contributed by atoms with Gasteiger partial charge in [0.25, 0.3) is 11.5 Å². The van der Waals surface area contributed by atoms with Crippen molar-refractivity contribution >= 4 is 27.3 Å². The average Bonchev–Trinajstić information content (AvgIpc) is 3.51. The lowest BCUT2D eigenvalue weighted by Crippen LogP contribution is -2.34. The maximum Gasteiger partial charge on any atom is 0.389 e. The van der Waals surface area contributed by atoms with E-state index in [1.807, 2.05) is 0 Å². The number of thiazole rings is 1. The predicted octanol–water partition coefficient (Wildman–Crippen LogP) is 4.59. The Morgan fingerprint density at radius 2 is 1.97 bits per heavy atom. The number of aromatic nitrogens is 2. The van der Waals surface area contributed by atoms with Crippen LogP contribution in [-0.2, 0) is 10.0 Å². The number of alkyl halides is 3. The standard InChI is InChI=1S/C23H21F4N3O5S2/c1-37(33,34)30-21(32)19-15(22-28-11-18(36-22)12-3-4-12)10-17(29-20(19)31)14-6-5-13(9-16(14)24)35-8-2-7-23(25,26)27/h5-6,9-12H,2-4,7-8H2,1H3,(H,29,31)(H,30,32). The molecule has 2 aromatic heterocycles. The van der Waals surface area contributed by atoms with E-state index >= 15 is 0 Å². The van der Waals surface area contributed by atoms with Crippen LogP contribution in [0.3, 0.4) is 0 Å². The van der Waals surface area contributed by atoms with Gasteiger partial charge in [0, 0.05) is 34.7 Å². The zero-order chi connectivity index (χ0) is 27.0. The van der Waals surface area contributed by atoms with Crippen LogP contribution in [0.25, 0.3) is 21.8 Å². The average molecular weight is 560 g/mol. The van der Waals surface area contributed by atoms with Crippen LogP contribution in [0.2, 0.25) is 0 Å². The normalized spacial score (nSPS) is 14.0. The van der Waals surface area contributed by atoms with E-state index in [0.717, 1.165) is 30.0 Å². The SMILES string of the molecule is CS(=O)(=O)NC(=O)c1c(-c2ncc(C3CC3)s2)cc(-c2ccc(OCCCC(F)(F)F)cc2F)[nH]c1=O. The van der Waals surface area contributed by atoms with E-state index in [2.05, 4.69) is 9.97 Å². The number of nitrogens with one attached hydrogen (secondary N) is 2. The fourth-order valence-electron chi connectivity index (χ4n) is 3.55. The topological polar surface area (TPSA) is 118 Å². The van der Waals surface area contributed by atoms with E-state index in [0.29, 0.717) is 5.92 Å². The summed E-state index contributed by atoms with van der Waals surface area (Å²) in [5.74, 6) is -1.65. The van der Waals surface area contributed by atoms with Gasteiger partial charge in [-0.3, -0.25) is 9.59 Å². The highest BCUT2D eigenvalue weighted by Gasteiger charge is 2.29. The number of hydrogen-bond donors (Lipinski definition) is 2. The molecule has 1 aliphatic carbocycles. The molecule has 0 spiro atoms. The Hall–Kier alpha value is -3.26. The van der Waals surface area contributed by atoms with Gasteiger partial charge < -0.3 is 9.72 Å². The van der Waals surface area contributed by atoms with Crippen LogP contribution < -0.4 is 15.0 Å². The van der Waals surface area contributed by atoms with Crippen LogP contribution in [-0.4, -0.2) is 43.3 Å². The predicted molar refractivity (Wildman–Crippen MR) is 129 cm³/mol. The number of sulfonamides is 1. The van der Waals surface area contributed by atoms with Gasteiger partial charge in [0.1, 0.15) is 22.1 Å². The molecule has 14 heteroatoms. The summed E-state index contributed by atoms with van der Waals surface area (Å²) in [6.45, 7) is -0.267. The number of nitrogens with zero attached hydrogens (tertiary/aromatic N) is 1. The van der Waals surface area contributed by atoms with Crippen molar-refractivity contribution in [3.63, 3.8) is 0 Å². The molecule has 3 aromatic rings. The molecule has 1 saturated carbocycles. The Balaban J connectivity index is 1.68. The lowest BCUT2D eigenvalue weighted by atomic mass is 10.0. The number of rotatable bonds is 9. The molecule has 4 rings (SSSR count). The number of halogens is 4. The zero-order valence-corrected chi connectivity index (χ0v) is 20.9. The van der Waals surface area contributed by atoms with Crippen LogP contribution in [0, 0.1) is 5.82 Å². The summed E-state index contributed by atoms with van der Waals surface area (Å²) in [4.78, 5) is 33.3. The van der Waals surface area contributed by atoms with Crippen LogP contribution >= 0.6 is 11.3 Å². The van der Waals surface area contributed by atoms with Crippen molar-refractivity contribution in [2.75, 3.05) is 12.9 Å². The van der Waals surface area contributed by atoms with E-state index in [4.69, 9.17) is 4.74 Å². The highest BCUT2D eigenvalue weighted by atomic mass is 32.2. The Labute approximate surface area is 212 Å². The highest BCUT2D eigenvalue weighted by molar-refractivity contribution is 7.89. The molecular weight excluding hydrogens is 538 g/mol. The van der Waals surface area contributed by atoms with E-state index in [1.54, 1.807) is 10.9 Å². The van der Waals surface area contributed by atoms with E-state index in [1.165, 1.54) is 29.5 Å². The molecule has 0 unspecified atom stereocenters. The van der Waals surface area contributed by atoms with Gasteiger partial charge in [0.2, 0.25) is 10.0 Å². The first-order valence-electron chi connectivity index (χ1n) is 11.1. The number of amides is 1. The Morgan fingerprint density at radius 3 is 2.59 bits per heavy atom. The van der Waals surface area contributed by atoms with Gasteiger partial charge in [-0.15, -0.1) is 11.3 Å². The third kappa shape index (κ3) is 6.95. The minimum absolute atomic E-state index is 0.00384. The highest BCUT2D eigenvalue weighted by Crippen LogP contribution is 2.44. The van der Waals surface area contributed by atoms with Crippen molar-refractivity contribution < 1.29 is 35.5 Å². The first-order chi connectivity index (χ1) is 17.3. The van der Waals surface area contributed by atoms with Crippen molar-refractivity contribution in [1.82, 2.24) is 14.7 Å². The van der Waals surface area contributed by atoms with Crippen LogP contribution in [0.1, 0.15) is 46.8 Å². The molecule has 1 aromatic carbocycles. The second-order valence-corrected chi connectivity index (χ2v) is 11.4. The number of H-pyrrole nitrogens is 1. The smallest absolute Gasteiger partial charge is 0.389 e. The number of aromatic amines is 1. The number of hydrogen-bond acceptors (Lipinski definition) is 7. The van der Waals surface area contributed by atoms with Gasteiger partial charge >= 0.3 is 6.18 Å². The zero-order valence-electron chi connectivity index (χ0n) is 19.3. The second kappa shape index (κ2) is 10.2. The maximum atomic E-state index is 14.9. The van der Waals surface area contributed by atoms with Crippen molar-refractivity contribution in [2.24, 2.45) is 0 Å². The molecule has 1 amide bonds. The van der Waals surface area contributed by atoms with Crippen molar-refractivity contribution in [2.45, 2.75) is 37.8 Å². The summed E-state index contributed by atoms with van der Waals surface area (Å²) in [5.41, 5.74) is -1.50. The largest absolute Gasteiger partial charge is 0.493 e. The van der Waals surface area contributed by atoms with E-state index < -0.39 is 45.5 Å². The molecule has 0 atom stereocenters. The summed E-state index contributed by atoms with van der Waals surface area (Å²) in [6.07, 6.45) is -1.28. The first kappa shape index (κ1) is 26.8.